The molecule has 0 N–H and O–H groups in total. The van der Waals surface area contributed by atoms with Crippen LogP contribution in [0.5, 0.6) is 11.6 Å². The number of rotatable bonds is 3. The lowest BCUT2D eigenvalue weighted by molar-refractivity contribution is 0.470. The summed E-state index contributed by atoms with van der Waals surface area (Å²) < 4.78 is 6.83. The molecule has 0 bridgehead atoms. The summed E-state index contributed by atoms with van der Waals surface area (Å²) in [4.78, 5) is 13.2. The zero-order chi connectivity index (χ0) is 16.4. The number of aromatic nitrogens is 3. The standard InChI is InChI=1S/C18H10N4OS/c19-11-12-1-3-14(4-2-12)23-18-16-15(7-10-24-16)21-17(22-18)13-5-8-20-9-6-13/h1-10H. The molecule has 0 fully saturated rings. The Morgan fingerprint density at radius 2 is 1.75 bits per heavy atom. The van der Waals surface area contributed by atoms with E-state index in [1.54, 1.807) is 36.7 Å². The van der Waals surface area contributed by atoms with Crippen molar-refractivity contribution >= 4 is 21.6 Å². The van der Waals surface area contributed by atoms with Gasteiger partial charge in [0.25, 0.3) is 0 Å². The summed E-state index contributed by atoms with van der Waals surface area (Å²) in [6.45, 7) is 0. The molecule has 0 radical (unpaired) electrons. The fraction of sp³-hybridized carbons (Fsp3) is 0. The first-order chi connectivity index (χ1) is 11.8. The number of thiophene rings is 1. The molecule has 0 amide bonds. The van der Waals surface area contributed by atoms with Gasteiger partial charge in [0.15, 0.2) is 5.82 Å². The highest BCUT2D eigenvalue weighted by Crippen LogP contribution is 2.33. The lowest BCUT2D eigenvalue weighted by atomic mass is 10.2. The van der Waals surface area contributed by atoms with Crippen molar-refractivity contribution in [2.45, 2.75) is 0 Å². The van der Waals surface area contributed by atoms with Crippen molar-refractivity contribution in [2.24, 2.45) is 0 Å². The Kier molecular flexibility index (Phi) is 3.61. The van der Waals surface area contributed by atoms with Gasteiger partial charge in [0.1, 0.15) is 10.4 Å². The lowest BCUT2D eigenvalue weighted by Gasteiger charge is -2.08. The van der Waals surface area contributed by atoms with E-state index in [1.807, 2.05) is 23.6 Å². The molecular weight excluding hydrogens is 320 g/mol. The van der Waals surface area contributed by atoms with E-state index in [0.717, 1.165) is 15.8 Å². The second-order valence-corrected chi connectivity index (χ2v) is 5.88. The van der Waals surface area contributed by atoms with Crippen molar-refractivity contribution in [3.05, 3.63) is 65.8 Å². The van der Waals surface area contributed by atoms with Crippen LogP contribution in [0.3, 0.4) is 0 Å². The zero-order valence-electron chi connectivity index (χ0n) is 12.4. The summed E-state index contributed by atoms with van der Waals surface area (Å²) in [7, 11) is 0. The molecule has 0 saturated carbocycles. The maximum atomic E-state index is 8.88. The van der Waals surface area contributed by atoms with Crippen LogP contribution >= 0.6 is 11.3 Å². The van der Waals surface area contributed by atoms with Crippen molar-refractivity contribution < 1.29 is 4.74 Å². The van der Waals surface area contributed by atoms with Crippen LogP contribution in [0.4, 0.5) is 0 Å². The normalized spacial score (nSPS) is 10.5. The van der Waals surface area contributed by atoms with Gasteiger partial charge in [-0.3, -0.25) is 4.98 Å². The summed E-state index contributed by atoms with van der Waals surface area (Å²) in [5.74, 6) is 1.72. The number of hydrogen-bond donors (Lipinski definition) is 0. The number of hydrogen-bond acceptors (Lipinski definition) is 6. The third-order valence-electron chi connectivity index (χ3n) is 3.41. The minimum Gasteiger partial charge on any atom is -0.437 e. The first kappa shape index (κ1) is 14.3. The molecule has 5 nitrogen and oxygen atoms in total. The zero-order valence-corrected chi connectivity index (χ0v) is 13.2. The Balaban J connectivity index is 1.78. The van der Waals surface area contributed by atoms with Gasteiger partial charge in [-0.2, -0.15) is 10.2 Å². The van der Waals surface area contributed by atoms with Gasteiger partial charge in [-0.25, -0.2) is 4.98 Å². The van der Waals surface area contributed by atoms with E-state index in [-0.39, 0.29) is 0 Å². The van der Waals surface area contributed by atoms with Crippen LogP contribution in [0.2, 0.25) is 0 Å². The molecule has 3 heterocycles. The average molecular weight is 330 g/mol. The highest BCUT2D eigenvalue weighted by molar-refractivity contribution is 7.17. The third-order valence-corrected chi connectivity index (χ3v) is 4.30. The quantitative estimate of drug-likeness (QED) is 0.556. The Bertz CT molecular complexity index is 1040. The van der Waals surface area contributed by atoms with Gasteiger partial charge < -0.3 is 4.74 Å². The van der Waals surface area contributed by atoms with Crippen LogP contribution in [0.25, 0.3) is 21.6 Å². The fourth-order valence-corrected chi connectivity index (χ4v) is 3.00. The highest BCUT2D eigenvalue weighted by atomic mass is 32.1. The summed E-state index contributed by atoms with van der Waals surface area (Å²) in [5, 5.41) is 10.8. The predicted molar refractivity (Wildman–Crippen MR) is 91.9 cm³/mol. The Morgan fingerprint density at radius 3 is 2.50 bits per heavy atom. The fourth-order valence-electron chi connectivity index (χ4n) is 2.25. The second kappa shape index (κ2) is 6.07. The predicted octanol–water partition coefficient (Wildman–Crippen LogP) is 4.42. The SMILES string of the molecule is N#Cc1ccc(Oc2nc(-c3ccncc3)nc3ccsc23)cc1. The van der Waals surface area contributed by atoms with Crippen molar-refractivity contribution in [1.29, 1.82) is 5.26 Å². The minimum absolute atomic E-state index is 0.506. The Morgan fingerprint density at radius 1 is 0.958 bits per heavy atom. The number of fused-ring (bicyclic) bond motifs is 1. The molecule has 0 aliphatic carbocycles. The summed E-state index contributed by atoms with van der Waals surface area (Å²) in [5.41, 5.74) is 2.30. The van der Waals surface area contributed by atoms with Gasteiger partial charge in [0.2, 0.25) is 5.88 Å². The van der Waals surface area contributed by atoms with E-state index in [9.17, 15) is 0 Å². The molecule has 3 aromatic heterocycles. The number of pyridine rings is 1. The van der Waals surface area contributed by atoms with Crippen molar-refractivity contribution in [2.75, 3.05) is 0 Å². The Hall–Kier alpha value is -3.30. The molecule has 0 aliphatic heterocycles. The van der Waals surface area contributed by atoms with E-state index in [4.69, 9.17) is 10.00 Å². The topological polar surface area (TPSA) is 71.7 Å². The van der Waals surface area contributed by atoms with Gasteiger partial charge in [-0.05, 0) is 47.8 Å². The van der Waals surface area contributed by atoms with E-state index in [0.29, 0.717) is 23.0 Å². The molecule has 6 heteroatoms. The van der Waals surface area contributed by atoms with Crippen LogP contribution in [-0.4, -0.2) is 15.0 Å². The van der Waals surface area contributed by atoms with Crippen molar-refractivity contribution in [3.8, 4) is 29.1 Å². The first-order valence-corrected chi connectivity index (χ1v) is 8.05. The van der Waals surface area contributed by atoms with E-state index < -0.39 is 0 Å². The molecule has 0 saturated heterocycles. The monoisotopic (exact) mass is 330 g/mol. The largest absolute Gasteiger partial charge is 0.437 e. The molecule has 0 unspecified atom stereocenters. The van der Waals surface area contributed by atoms with Crippen LogP contribution in [0, 0.1) is 11.3 Å². The van der Waals surface area contributed by atoms with Crippen LogP contribution in [0.15, 0.2) is 60.2 Å². The molecule has 0 spiro atoms. The maximum Gasteiger partial charge on any atom is 0.240 e. The van der Waals surface area contributed by atoms with E-state index in [1.165, 1.54) is 11.3 Å². The lowest BCUT2D eigenvalue weighted by Crippen LogP contribution is -1.94. The minimum atomic E-state index is 0.506. The number of ether oxygens (including phenoxy) is 1. The molecule has 4 aromatic rings. The smallest absolute Gasteiger partial charge is 0.240 e. The van der Waals surface area contributed by atoms with Gasteiger partial charge in [0.05, 0.1) is 17.1 Å². The van der Waals surface area contributed by atoms with E-state index in [2.05, 4.69) is 21.0 Å². The molecule has 24 heavy (non-hydrogen) atoms. The van der Waals surface area contributed by atoms with Crippen LogP contribution < -0.4 is 4.74 Å². The highest BCUT2D eigenvalue weighted by Gasteiger charge is 2.12. The third kappa shape index (κ3) is 2.69. The van der Waals surface area contributed by atoms with Crippen molar-refractivity contribution in [1.82, 2.24) is 15.0 Å². The van der Waals surface area contributed by atoms with Gasteiger partial charge >= 0.3 is 0 Å². The number of nitriles is 1. The van der Waals surface area contributed by atoms with Gasteiger partial charge in [0, 0.05) is 18.0 Å². The number of benzene rings is 1. The Labute approximate surface area is 141 Å². The maximum absolute atomic E-state index is 8.88. The van der Waals surface area contributed by atoms with Crippen molar-refractivity contribution in [3.63, 3.8) is 0 Å². The molecule has 1 aromatic carbocycles. The summed E-state index contributed by atoms with van der Waals surface area (Å²) >= 11 is 1.53. The average Bonchev–Trinajstić information content (AvgIpc) is 3.12. The molecule has 114 valence electrons. The van der Waals surface area contributed by atoms with Crippen LogP contribution in [-0.2, 0) is 0 Å². The van der Waals surface area contributed by atoms with Gasteiger partial charge in [-0.1, -0.05) is 0 Å². The second-order valence-electron chi connectivity index (χ2n) is 4.96. The molecule has 0 aliphatic rings. The van der Waals surface area contributed by atoms with Gasteiger partial charge in [-0.15, -0.1) is 11.3 Å². The van der Waals surface area contributed by atoms with E-state index >= 15 is 0 Å². The molecular formula is C18H10N4OS. The molecule has 0 atom stereocenters. The first-order valence-electron chi connectivity index (χ1n) is 7.17. The summed E-state index contributed by atoms with van der Waals surface area (Å²) in [6.07, 6.45) is 3.41. The number of nitrogens with zero attached hydrogens (tertiary/aromatic N) is 4. The van der Waals surface area contributed by atoms with Crippen LogP contribution in [0.1, 0.15) is 5.56 Å². The summed E-state index contributed by atoms with van der Waals surface area (Å²) in [6, 6.07) is 14.7. The molecule has 4 rings (SSSR count).